The standard InChI is InChI=1S/C15H19ClN2O3/c1-10-2-5-15(6-3-10,14(20)21)9-18-13(19)11-4-7-17-12(16)8-11/h4,7-8,10H,2-3,5-6,9H2,1H3,(H,18,19)(H,20,21). The van der Waals surface area contributed by atoms with Crippen LogP contribution in [0, 0.1) is 11.3 Å². The summed E-state index contributed by atoms with van der Waals surface area (Å²) >= 11 is 5.75. The number of aromatic nitrogens is 1. The summed E-state index contributed by atoms with van der Waals surface area (Å²) in [6, 6.07) is 3.02. The highest BCUT2D eigenvalue weighted by atomic mass is 35.5. The highest BCUT2D eigenvalue weighted by Gasteiger charge is 2.41. The number of hydrogen-bond acceptors (Lipinski definition) is 3. The van der Waals surface area contributed by atoms with Crippen molar-refractivity contribution < 1.29 is 14.7 Å². The highest BCUT2D eigenvalue weighted by Crippen LogP contribution is 2.38. The maximum atomic E-state index is 12.1. The molecule has 0 radical (unpaired) electrons. The molecule has 0 spiro atoms. The zero-order valence-corrected chi connectivity index (χ0v) is 12.7. The minimum absolute atomic E-state index is 0.147. The van der Waals surface area contributed by atoms with E-state index in [2.05, 4.69) is 17.2 Å². The predicted molar refractivity (Wildman–Crippen MR) is 79.3 cm³/mol. The first-order valence-electron chi connectivity index (χ1n) is 7.06. The molecule has 1 aromatic heterocycles. The highest BCUT2D eigenvalue weighted by molar-refractivity contribution is 6.29. The quantitative estimate of drug-likeness (QED) is 0.838. The number of rotatable bonds is 4. The molecule has 2 rings (SSSR count). The molecule has 0 bridgehead atoms. The number of hydrogen-bond donors (Lipinski definition) is 2. The van der Waals surface area contributed by atoms with Crippen molar-refractivity contribution in [2.75, 3.05) is 6.54 Å². The minimum atomic E-state index is -0.848. The van der Waals surface area contributed by atoms with Gasteiger partial charge in [-0.15, -0.1) is 0 Å². The van der Waals surface area contributed by atoms with Crippen LogP contribution in [0.2, 0.25) is 5.15 Å². The van der Waals surface area contributed by atoms with Crippen LogP contribution in [0.15, 0.2) is 18.3 Å². The minimum Gasteiger partial charge on any atom is -0.481 e. The second kappa shape index (κ2) is 6.43. The number of aliphatic carboxylic acids is 1. The Balaban J connectivity index is 2.02. The normalized spacial score (nSPS) is 25.3. The fourth-order valence-electron chi connectivity index (χ4n) is 2.68. The zero-order valence-electron chi connectivity index (χ0n) is 11.9. The number of nitrogens with zero attached hydrogens (tertiary/aromatic N) is 1. The molecule has 0 aromatic carbocycles. The van der Waals surface area contributed by atoms with Gasteiger partial charge < -0.3 is 10.4 Å². The van der Waals surface area contributed by atoms with E-state index in [1.807, 2.05) is 0 Å². The Bertz CT molecular complexity index is 539. The van der Waals surface area contributed by atoms with Crippen molar-refractivity contribution in [2.24, 2.45) is 11.3 Å². The van der Waals surface area contributed by atoms with Crippen molar-refractivity contribution in [3.8, 4) is 0 Å². The van der Waals surface area contributed by atoms with Crippen molar-refractivity contribution in [3.63, 3.8) is 0 Å². The van der Waals surface area contributed by atoms with Crippen LogP contribution >= 0.6 is 11.6 Å². The third-order valence-electron chi connectivity index (χ3n) is 4.26. The predicted octanol–water partition coefficient (Wildman–Crippen LogP) is 2.75. The molecule has 1 saturated carbocycles. The monoisotopic (exact) mass is 310 g/mol. The van der Waals surface area contributed by atoms with Crippen LogP contribution in [-0.2, 0) is 4.79 Å². The maximum absolute atomic E-state index is 12.1. The van der Waals surface area contributed by atoms with Crippen LogP contribution in [0.25, 0.3) is 0 Å². The second-order valence-electron chi connectivity index (χ2n) is 5.82. The summed E-state index contributed by atoms with van der Waals surface area (Å²) in [7, 11) is 0. The Morgan fingerprint density at radius 2 is 2.14 bits per heavy atom. The van der Waals surface area contributed by atoms with Crippen molar-refractivity contribution in [3.05, 3.63) is 29.0 Å². The summed E-state index contributed by atoms with van der Waals surface area (Å²) in [5.41, 5.74) is -0.460. The van der Waals surface area contributed by atoms with Gasteiger partial charge in [0.15, 0.2) is 0 Å². The van der Waals surface area contributed by atoms with E-state index in [1.165, 1.54) is 12.3 Å². The number of halogens is 1. The van der Waals surface area contributed by atoms with E-state index in [0.29, 0.717) is 24.3 Å². The van der Waals surface area contributed by atoms with Gasteiger partial charge in [-0.2, -0.15) is 0 Å². The fraction of sp³-hybridized carbons (Fsp3) is 0.533. The molecular formula is C15H19ClN2O3. The van der Waals surface area contributed by atoms with E-state index in [9.17, 15) is 14.7 Å². The van der Waals surface area contributed by atoms with Gasteiger partial charge in [-0.05, 0) is 43.7 Å². The number of pyridine rings is 1. The number of amides is 1. The van der Waals surface area contributed by atoms with Crippen LogP contribution in [0.5, 0.6) is 0 Å². The van der Waals surface area contributed by atoms with E-state index in [-0.39, 0.29) is 17.6 Å². The van der Waals surface area contributed by atoms with E-state index < -0.39 is 11.4 Å². The molecule has 2 N–H and O–H groups in total. The maximum Gasteiger partial charge on any atom is 0.311 e. The number of carbonyl (C=O) groups is 2. The van der Waals surface area contributed by atoms with Gasteiger partial charge in [0.05, 0.1) is 5.41 Å². The Hall–Kier alpha value is -1.62. The van der Waals surface area contributed by atoms with Gasteiger partial charge in [-0.3, -0.25) is 9.59 Å². The summed E-state index contributed by atoms with van der Waals surface area (Å²) in [5.74, 6) is -0.604. The molecule has 1 aliphatic carbocycles. The average Bonchev–Trinajstić information content (AvgIpc) is 2.46. The first-order valence-corrected chi connectivity index (χ1v) is 7.44. The Morgan fingerprint density at radius 3 is 2.71 bits per heavy atom. The van der Waals surface area contributed by atoms with Gasteiger partial charge in [-0.25, -0.2) is 4.98 Å². The van der Waals surface area contributed by atoms with E-state index >= 15 is 0 Å². The number of nitrogens with one attached hydrogen (secondary N) is 1. The lowest BCUT2D eigenvalue weighted by atomic mass is 9.71. The molecule has 1 fully saturated rings. The van der Waals surface area contributed by atoms with Gasteiger partial charge >= 0.3 is 5.97 Å². The summed E-state index contributed by atoms with van der Waals surface area (Å²) < 4.78 is 0. The first-order chi connectivity index (χ1) is 9.93. The van der Waals surface area contributed by atoms with Crippen LogP contribution in [0.4, 0.5) is 0 Å². The molecular weight excluding hydrogens is 292 g/mol. The fourth-order valence-corrected chi connectivity index (χ4v) is 2.85. The number of carboxylic acids is 1. The molecule has 0 saturated heterocycles. The molecule has 6 heteroatoms. The Kier molecular flexibility index (Phi) is 4.83. The van der Waals surface area contributed by atoms with Crippen molar-refractivity contribution in [1.82, 2.24) is 10.3 Å². The number of carbonyl (C=O) groups excluding carboxylic acids is 1. The molecule has 5 nitrogen and oxygen atoms in total. The number of carboxylic acid groups (broad SMARTS) is 1. The lowest BCUT2D eigenvalue weighted by Crippen LogP contribution is -2.45. The van der Waals surface area contributed by atoms with Crippen molar-refractivity contribution >= 4 is 23.5 Å². The molecule has 1 aromatic rings. The van der Waals surface area contributed by atoms with Crippen LogP contribution in [0.3, 0.4) is 0 Å². The van der Waals surface area contributed by atoms with Crippen LogP contribution in [-0.4, -0.2) is 28.5 Å². The Labute approximate surface area is 128 Å². The zero-order chi connectivity index (χ0) is 15.5. The Morgan fingerprint density at radius 1 is 1.48 bits per heavy atom. The van der Waals surface area contributed by atoms with Gasteiger partial charge in [0, 0.05) is 18.3 Å². The lowest BCUT2D eigenvalue weighted by Gasteiger charge is -2.35. The smallest absolute Gasteiger partial charge is 0.311 e. The summed E-state index contributed by atoms with van der Waals surface area (Å²) in [4.78, 5) is 27.5. The van der Waals surface area contributed by atoms with E-state index in [0.717, 1.165) is 12.8 Å². The van der Waals surface area contributed by atoms with Crippen molar-refractivity contribution in [1.29, 1.82) is 0 Å². The average molecular weight is 311 g/mol. The third kappa shape index (κ3) is 3.73. The molecule has 0 aliphatic heterocycles. The van der Waals surface area contributed by atoms with Crippen molar-refractivity contribution in [2.45, 2.75) is 32.6 Å². The third-order valence-corrected chi connectivity index (χ3v) is 4.47. The van der Waals surface area contributed by atoms with Crippen LogP contribution in [0.1, 0.15) is 43.0 Å². The lowest BCUT2D eigenvalue weighted by molar-refractivity contribution is -0.151. The molecule has 0 unspecified atom stereocenters. The first kappa shape index (κ1) is 15.8. The van der Waals surface area contributed by atoms with Gasteiger partial charge in [0.25, 0.3) is 5.91 Å². The molecule has 1 heterocycles. The van der Waals surface area contributed by atoms with Gasteiger partial charge in [0.2, 0.25) is 0 Å². The molecule has 1 amide bonds. The second-order valence-corrected chi connectivity index (χ2v) is 6.21. The summed E-state index contributed by atoms with van der Waals surface area (Å²) in [6.45, 7) is 2.27. The van der Waals surface area contributed by atoms with Gasteiger partial charge in [0.1, 0.15) is 5.15 Å². The summed E-state index contributed by atoms with van der Waals surface area (Å²) in [5, 5.41) is 12.5. The summed E-state index contributed by atoms with van der Waals surface area (Å²) in [6.07, 6.45) is 4.40. The topological polar surface area (TPSA) is 79.3 Å². The van der Waals surface area contributed by atoms with Crippen LogP contribution < -0.4 is 5.32 Å². The molecule has 21 heavy (non-hydrogen) atoms. The molecule has 114 valence electrons. The molecule has 1 aliphatic rings. The van der Waals surface area contributed by atoms with E-state index in [1.54, 1.807) is 6.07 Å². The largest absolute Gasteiger partial charge is 0.481 e. The SMILES string of the molecule is CC1CCC(CNC(=O)c2ccnc(Cl)c2)(C(=O)O)CC1. The molecule has 0 atom stereocenters. The van der Waals surface area contributed by atoms with E-state index in [4.69, 9.17) is 11.6 Å². The van der Waals surface area contributed by atoms with Gasteiger partial charge in [-0.1, -0.05) is 18.5 Å².